The Labute approximate surface area is 195 Å². The van der Waals surface area contributed by atoms with E-state index in [-0.39, 0.29) is 17.1 Å². The molecule has 6 heteroatoms. The summed E-state index contributed by atoms with van der Waals surface area (Å²) in [6.07, 6.45) is 1.21. The van der Waals surface area contributed by atoms with Gasteiger partial charge in [0, 0.05) is 40.6 Å². The number of allylic oxidation sites excluding steroid dienone is 3. The van der Waals surface area contributed by atoms with Crippen molar-refractivity contribution in [3.8, 4) is 5.75 Å². The molecule has 6 nitrogen and oxygen atoms in total. The maximum atomic E-state index is 13.5. The van der Waals surface area contributed by atoms with Gasteiger partial charge in [0.15, 0.2) is 5.78 Å². The number of Topliss-reactive ketones (excluding diaryl/α,β-unsaturated/α-hetero) is 1. The zero-order chi connectivity index (χ0) is 23.8. The predicted octanol–water partition coefficient (Wildman–Crippen LogP) is 5.03. The standard InChI is InChI=1S/C27H31N3O3/c1-6-33-19-12-10-18(11-13-19)24-23(26(32)30-22-9-7-8-16(2)28-22)17(3)29-20-14-27(4,5)15-21(31)25(20)24/h7-13,24,29H,6,14-15H2,1-5H3,(H,28,30,32)/t24-/m0/s1. The minimum atomic E-state index is -0.453. The van der Waals surface area contributed by atoms with Gasteiger partial charge >= 0.3 is 0 Å². The number of carbonyl (C=O) groups is 2. The molecule has 1 aliphatic carbocycles. The third-order valence-corrected chi connectivity index (χ3v) is 6.14. The van der Waals surface area contributed by atoms with Crippen LogP contribution in [0.2, 0.25) is 0 Å². The molecule has 4 rings (SSSR count). The van der Waals surface area contributed by atoms with E-state index in [2.05, 4.69) is 29.5 Å². The lowest BCUT2D eigenvalue weighted by molar-refractivity contribution is -0.118. The van der Waals surface area contributed by atoms with Crippen LogP contribution in [-0.4, -0.2) is 23.3 Å². The van der Waals surface area contributed by atoms with Gasteiger partial charge in [-0.25, -0.2) is 4.98 Å². The van der Waals surface area contributed by atoms with Crippen LogP contribution >= 0.6 is 0 Å². The maximum Gasteiger partial charge on any atom is 0.255 e. The fourth-order valence-corrected chi connectivity index (χ4v) is 4.79. The van der Waals surface area contributed by atoms with Crippen molar-refractivity contribution >= 4 is 17.5 Å². The molecule has 172 valence electrons. The molecule has 1 aromatic carbocycles. The number of amides is 1. The summed E-state index contributed by atoms with van der Waals surface area (Å²) in [6, 6.07) is 13.2. The molecule has 1 atom stereocenters. The van der Waals surface area contributed by atoms with Gasteiger partial charge in [-0.15, -0.1) is 0 Å². The van der Waals surface area contributed by atoms with Crippen molar-refractivity contribution in [2.24, 2.45) is 5.41 Å². The number of pyridine rings is 1. The Morgan fingerprint density at radius 1 is 1.15 bits per heavy atom. The lowest BCUT2D eigenvalue weighted by Gasteiger charge is -2.39. The van der Waals surface area contributed by atoms with Crippen LogP contribution in [0.5, 0.6) is 5.75 Å². The number of aromatic nitrogens is 1. The van der Waals surface area contributed by atoms with E-state index in [1.165, 1.54) is 0 Å². The molecule has 0 radical (unpaired) electrons. The zero-order valence-electron chi connectivity index (χ0n) is 19.9. The SMILES string of the molecule is CCOc1ccc([C@H]2C(C(=O)Nc3cccc(C)n3)=C(C)NC3=C2C(=O)CC(C)(C)C3)cc1. The van der Waals surface area contributed by atoms with Crippen LogP contribution < -0.4 is 15.4 Å². The number of rotatable bonds is 5. The lowest BCUT2D eigenvalue weighted by atomic mass is 9.68. The maximum absolute atomic E-state index is 13.5. The Bertz CT molecular complexity index is 1160. The molecule has 33 heavy (non-hydrogen) atoms. The minimum Gasteiger partial charge on any atom is -0.494 e. The average molecular weight is 446 g/mol. The van der Waals surface area contributed by atoms with E-state index >= 15 is 0 Å². The van der Waals surface area contributed by atoms with Crippen LogP contribution in [0.4, 0.5) is 5.82 Å². The van der Waals surface area contributed by atoms with Crippen molar-refractivity contribution < 1.29 is 14.3 Å². The monoisotopic (exact) mass is 445 g/mol. The highest BCUT2D eigenvalue weighted by Crippen LogP contribution is 2.46. The Kier molecular flexibility index (Phi) is 6.11. The summed E-state index contributed by atoms with van der Waals surface area (Å²) in [4.78, 5) is 31.3. The van der Waals surface area contributed by atoms with Crippen LogP contribution in [0.15, 0.2) is 65.0 Å². The molecule has 0 fully saturated rings. The molecule has 1 aromatic heterocycles. The fourth-order valence-electron chi connectivity index (χ4n) is 4.79. The highest BCUT2D eigenvalue weighted by Gasteiger charge is 2.42. The summed E-state index contributed by atoms with van der Waals surface area (Å²) in [5.74, 6) is 0.614. The average Bonchev–Trinajstić information content (AvgIpc) is 2.72. The van der Waals surface area contributed by atoms with Gasteiger partial charge in [0.25, 0.3) is 5.91 Å². The van der Waals surface area contributed by atoms with Gasteiger partial charge < -0.3 is 15.4 Å². The second kappa shape index (κ2) is 8.85. The molecule has 1 amide bonds. The summed E-state index contributed by atoms with van der Waals surface area (Å²) in [5.41, 5.74) is 4.47. The number of ether oxygens (including phenoxy) is 1. The third kappa shape index (κ3) is 4.70. The minimum absolute atomic E-state index is 0.0825. The summed E-state index contributed by atoms with van der Waals surface area (Å²) < 4.78 is 5.60. The quantitative estimate of drug-likeness (QED) is 0.675. The van der Waals surface area contributed by atoms with E-state index in [0.29, 0.717) is 30.0 Å². The summed E-state index contributed by atoms with van der Waals surface area (Å²) in [5, 5.41) is 6.33. The summed E-state index contributed by atoms with van der Waals surface area (Å²) in [6.45, 7) is 10.5. The first kappa shape index (κ1) is 22.8. The molecule has 0 saturated carbocycles. The Morgan fingerprint density at radius 3 is 2.55 bits per heavy atom. The number of aryl methyl sites for hydroxylation is 1. The number of carbonyl (C=O) groups excluding carboxylic acids is 2. The molecular formula is C27H31N3O3. The molecule has 2 heterocycles. The third-order valence-electron chi connectivity index (χ3n) is 6.14. The molecule has 0 spiro atoms. The van der Waals surface area contributed by atoms with E-state index < -0.39 is 5.92 Å². The van der Waals surface area contributed by atoms with E-state index in [1.807, 2.05) is 57.2 Å². The second-order valence-electron chi connectivity index (χ2n) is 9.55. The molecule has 2 aliphatic rings. The van der Waals surface area contributed by atoms with Crippen molar-refractivity contribution in [1.29, 1.82) is 0 Å². The number of benzene rings is 1. The van der Waals surface area contributed by atoms with Crippen molar-refractivity contribution in [2.45, 2.75) is 53.4 Å². The van der Waals surface area contributed by atoms with Crippen LogP contribution in [-0.2, 0) is 9.59 Å². The van der Waals surface area contributed by atoms with Gasteiger partial charge in [-0.2, -0.15) is 0 Å². The number of nitrogens with one attached hydrogen (secondary N) is 2. The number of hydrogen-bond acceptors (Lipinski definition) is 5. The van der Waals surface area contributed by atoms with Crippen LogP contribution in [0.1, 0.15) is 57.7 Å². The van der Waals surface area contributed by atoms with E-state index in [9.17, 15) is 9.59 Å². The smallest absolute Gasteiger partial charge is 0.255 e. The highest BCUT2D eigenvalue weighted by molar-refractivity contribution is 6.09. The van der Waals surface area contributed by atoms with Crippen LogP contribution in [0.25, 0.3) is 0 Å². The zero-order valence-corrected chi connectivity index (χ0v) is 19.9. The number of hydrogen-bond donors (Lipinski definition) is 2. The summed E-state index contributed by atoms with van der Waals surface area (Å²) >= 11 is 0. The summed E-state index contributed by atoms with van der Waals surface area (Å²) in [7, 11) is 0. The largest absolute Gasteiger partial charge is 0.494 e. The molecule has 0 unspecified atom stereocenters. The highest BCUT2D eigenvalue weighted by atomic mass is 16.5. The van der Waals surface area contributed by atoms with Crippen molar-refractivity contribution in [3.63, 3.8) is 0 Å². The van der Waals surface area contributed by atoms with Crippen molar-refractivity contribution in [2.75, 3.05) is 11.9 Å². The molecule has 2 N–H and O–H groups in total. The topological polar surface area (TPSA) is 80.3 Å². The van der Waals surface area contributed by atoms with Gasteiger partial charge in [0.2, 0.25) is 0 Å². The number of nitrogens with zero attached hydrogens (tertiary/aromatic N) is 1. The normalized spacial score (nSPS) is 19.7. The lowest BCUT2D eigenvalue weighted by Crippen LogP contribution is -2.39. The van der Waals surface area contributed by atoms with Gasteiger partial charge in [0.05, 0.1) is 6.61 Å². The molecular weight excluding hydrogens is 414 g/mol. The molecule has 0 bridgehead atoms. The second-order valence-corrected chi connectivity index (χ2v) is 9.55. The number of anilines is 1. The van der Waals surface area contributed by atoms with Gasteiger partial charge in [0.1, 0.15) is 11.6 Å². The Morgan fingerprint density at radius 2 is 1.88 bits per heavy atom. The first-order chi connectivity index (χ1) is 15.7. The van der Waals surface area contributed by atoms with E-state index in [1.54, 1.807) is 6.07 Å². The first-order valence-corrected chi connectivity index (χ1v) is 11.4. The van der Waals surface area contributed by atoms with Crippen molar-refractivity contribution in [3.05, 3.63) is 76.3 Å². The van der Waals surface area contributed by atoms with E-state index in [0.717, 1.165) is 34.8 Å². The Balaban J connectivity index is 1.78. The van der Waals surface area contributed by atoms with E-state index in [4.69, 9.17) is 4.74 Å². The molecule has 1 aliphatic heterocycles. The number of ketones is 1. The predicted molar refractivity (Wildman–Crippen MR) is 129 cm³/mol. The van der Waals surface area contributed by atoms with Gasteiger partial charge in [-0.1, -0.05) is 32.0 Å². The van der Waals surface area contributed by atoms with Gasteiger partial charge in [-0.05, 0) is 62.4 Å². The molecule has 2 aromatic rings. The van der Waals surface area contributed by atoms with Crippen molar-refractivity contribution in [1.82, 2.24) is 10.3 Å². The Hall–Kier alpha value is -3.41. The fraction of sp³-hybridized carbons (Fsp3) is 0.370. The molecule has 0 saturated heterocycles. The van der Waals surface area contributed by atoms with Crippen LogP contribution in [0.3, 0.4) is 0 Å². The first-order valence-electron chi connectivity index (χ1n) is 11.4. The van der Waals surface area contributed by atoms with Crippen LogP contribution in [0, 0.1) is 12.3 Å². The van der Waals surface area contributed by atoms with Gasteiger partial charge in [-0.3, -0.25) is 9.59 Å². The number of dihydropyridines is 1.